The van der Waals surface area contributed by atoms with Crippen molar-refractivity contribution in [3.8, 4) is 0 Å². The van der Waals surface area contributed by atoms with Gasteiger partial charge in [-0.15, -0.1) is 11.8 Å². The molecule has 0 saturated carbocycles. The Morgan fingerprint density at radius 3 is 2.53 bits per heavy atom. The van der Waals surface area contributed by atoms with Crippen LogP contribution in [0.15, 0.2) is 34.7 Å². The molecule has 1 aliphatic heterocycles. The third kappa shape index (κ3) is 5.97. The Balaban J connectivity index is 1.38. The van der Waals surface area contributed by atoms with Crippen LogP contribution in [-0.4, -0.2) is 68.8 Å². The van der Waals surface area contributed by atoms with Gasteiger partial charge < -0.3 is 19.9 Å². The van der Waals surface area contributed by atoms with Crippen LogP contribution in [0.3, 0.4) is 0 Å². The van der Waals surface area contributed by atoms with Gasteiger partial charge in [-0.25, -0.2) is 4.98 Å². The lowest BCUT2D eigenvalue weighted by molar-refractivity contribution is -0.130. The number of aliphatic hydroxyl groups is 1. The molecular formula is C25H29N5O4S2. The molecule has 0 bridgehead atoms. The molecule has 3 N–H and O–H groups in total. The molecule has 1 aromatic carbocycles. The quantitative estimate of drug-likeness (QED) is 0.405. The number of nitrogens with one attached hydrogen (secondary N) is 2. The number of aliphatic hydroxyl groups excluding tert-OH is 1. The minimum atomic E-state index is -0.318. The van der Waals surface area contributed by atoms with Crippen molar-refractivity contribution in [3.63, 3.8) is 0 Å². The lowest BCUT2D eigenvalue weighted by Gasteiger charge is -2.34. The molecule has 0 atom stereocenters. The Labute approximate surface area is 217 Å². The maximum absolute atomic E-state index is 13.3. The average Bonchev–Trinajstić information content (AvgIpc) is 3.54. The molecule has 0 aliphatic carbocycles. The summed E-state index contributed by atoms with van der Waals surface area (Å²) in [5, 5.41) is 12.4. The van der Waals surface area contributed by atoms with Crippen LogP contribution in [0.5, 0.6) is 0 Å². The zero-order valence-corrected chi connectivity index (χ0v) is 22.1. The molecular weight excluding hydrogens is 498 g/mol. The van der Waals surface area contributed by atoms with Gasteiger partial charge in [0.05, 0.1) is 17.0 Å². The van der Waals surface area contributed by atoms with Crippen molar-refractivity contribution in [1.29, 1.82) is 0 Å². The van der Waals surface area contributed by atoms with Gasteiger partial charge in [0, 0.05) is 50.1 Å². The van der Waals surface area contributed by atoms with E-state index in [4.69, 9.17) is 5.11 Å². The van der Waals surface area contributed by atoms with Gasteiger partial charge in [0.15, 0.2) is 5.13 Å². The Morgan fingerprint density at radius 1 is 1.14 bits per heavy atom. The van der Waals surface area contributed by atoms with Crippen molar-refractivity contribution in [2.24, 2.45) is 0 Å². The van der Waals surface area contributed by atoms with Crippen LogP contribution in [0.25, 0.3) is 0 Å². The highest BCUT2D eigenvalue weighted by molar-refractivity contribution is 8.00. The van der Waals surface area contributed by atoms with E-state index < -0.39 is 0 Å². The molecule has 0 spiro atoms. The number of hydrogen-bond acceptors (Lipinski definition) is 7. The Bertz CT molecular complexity index is 1280. The highest BCUT2D eigenvalue weighted by Gasteiger charge is 2.25. The van der Waals surface area contributed by atoms with Crippen molar-refractivity contribution >= 4 is 46.0 Å². The summed E-state index contributed by atoms with van der Waals surface area (Å²) in [5.74, 6) is 0.384. The minimum Gasteiger partial charge on any atom is -0.390 e. The first kappa shape index (κ1) is 25.9. The van der Waals surface area contributed by atoms with Crippen molar-refractivity contribution < 1.29 is 19.5 Å². The topological polar surface area (TPSA) is 119 Å². The zero-order valence-electron chi connectivity index (χ0n) is 20.5. The van der Waals surface area contributed by atoms with Crippen molar-refractivity contribution in [2.75, 3.05) is 31.5 Å². The molecule has 2 aromatic heterocycles. The predicted molar refractivity (Wildman–Crippen MR) is 140 cm³/mol. The second-order valence-corrected chi connectivity index (χ2v) is 11.0. The van der Waals surface area contributed by atoms with E-state index in [0.717, 1.165) is 20.9 Å². The molecule has 1 saturated heterocycles. The summed E-state index contributed by atoms with van der Waals surface area (Å²) in [6, 6.07) is 7.34. The summed E-state index contributed by atoms with van der Waals surface area (Å²) in [4.78, 5) is 48.0. The molecule has 3 heterocycles. The van der Waals surface area contributed by atoms with Crippen molar-refractivity contribution in [3.05, 3.63) is 64.1 Å². The molecule has 190 valence electrons. The van der Waals surface area contributed by atoms with E-state index >= 15 is 0 Å². The van der Waals surface area contributed by atoms with Crippen LogP contribution in [0, 0.1) is 13.8 Å². The molecule has 36 heavy (non-hydrogen) atoms. The molecule has 1 fully saturated rings. The summed E-state index contributed by atoms with van der Waals surface area (Å²) in [6.07, 6.45) is 1.72. The first-order chi connectivity index (χ1) is 17.2. The summed E-state index contributed by atoms with van der Waals surface area (Å²) in [5.41, 5.74) is 4.70. The average molecular weight is 528 g/mol. The van der Waals surface area contributed by atoms with Gasteiger partial charge in [-0.05, 0) is 48.7 Å². The number of thioether (sulfide) groups is 1. The number of H-pyrrole nitrogens is 1. The molecule has 0 unspecified atom stereocenters. The van der Waals surface area contributed by atoms with E-state index in [0.29, 0.717) is 54.0 Å². The number of carbonyl (C=O) groups is 3. The maximum Gasteiger partial charge on any atom is 0.273 e. The van der Waals surface area contributed by atoms with Crippen molar-refractivity contribution in [2.45, 2.75) is 37.3 Å². The van der Waals surface area contributed by atoms with Gasteiger partial charge in [-0.3, -0.25) is 19.7 Å². The van der Waals surface area contributed by atoms with E-state index in [2.05, 4.69) is 21.4 Å². The number of carbonyl (C=O) groups excluding carboxylic acids is 3. The number of benzene rings is 1. The summed E-state index contributed by atoms with van der Waals surface area (Å²) >= 11 is 2.97. The normalized spacial score (nSPS) is 13.7. The van der Waals surface area contributed by atoms with E-state index in [1.807, 2.05) is 24.8 Å². The zero-order chi connectivity index (χ0) is 25.8. The molecule has 3 amide bonds. The van der Waals surface area contributed by atoms with Crippen LogP contribution < -0.4 is 5.32 Å². The van der Waals surface area contributed by atoms with Crippen LogP contribution in [0.1, 0.15) is 50.2 Å². The van der Waals surface area contributed by atoms with Crippen molar-refractivity contribution in [1.82, 2.24) is 19.8 Å². The number of rotatable bonds is 7. The van der Waals surface area contributed by atoms with Crippen LogP contribution in [0.4, 0.5) is 5.13 Å². The van der Waals surface area contributed by atoms with Crippen LogP contribution in [-0.2, 0) is 17.2 Å². The first-order valence-corrected chi connectivity index (χ1v) is 13.4. The molecule has 1 aliphatic rings. The molecule has 9 nitrogen and oxygen atoms in total. The number of piperazine rings is 1. The SMILES string of the molecule is CC(=O)N1CCN(C(=O)c2cc(CSc3cnc(NC(=O)c4ccc(CO)[nH]4)s3)cc(C)c2C)CC1. The van der Waals surface area contributed by atoms with Gasteiger partial charge in [-0.2, -0.15) is 0 Å². The third-order valence-electron chi connectivity index (χ3n) is 6.22. The number of aromatic nitrogens is 2. The van der Waals surface area contributed by atoms with Gasteiger partial charge in [0.2, 0.25) is 5.91 Å². The van der Waals surface area contributed by atoms with Crippen LogP contribution >= 0.6 is 23.1 Å². The lowest BCUT2D eigenvalue weighted by Crippen LogP contribution is -2.50. The monoisotopic (exact) mass is 527 g/mol. The fourth-order valence-electron chi connectivity index (χ4n) is 4.00. The predicted octanol–water partition coefficient (Wildman–Crippen LogP) is 3.43. The van der Waals surface area contributed by atoms with E-state index in [9.17, 15) is 14.4 Å². The fraction of sp³-hybridized carbons (Fsp3) is 0.360. The van der Waals surface area contributed by atoms with E-state index in [1.54, 1.807) is 41.9 Å². The molecule has 4 rings (SSSR count). The third-order valence-corrected chi connectivity index (χ3v) is 8.40. The maximum atomic E-state index is 13.3. The second-order valence-electron chi connectivity index (χ2n) is 8.67. The largest absolute Gasteiger partial charge is 0.390 e. The Kier molecular flexibility index (Phi) is 8.12. The van der Waals surface area contributed by atoms with Gasteiger partial charge in [0.25, 0.3) is 11.8 Å². The summed E-state index contributed by atoms with van der Waals surface area (Å²) < 4.78 is 0.944. The molecule has 11 heteroatoms. The van der Waals surface area contributed by atoms with Gasteiger partial charge in [0.1, 0.15) is 5.69 Å². The lowest BCUT2D eigenvalue weighted by atomic mass is 9.99. The number of thiazole rings is 1. The second kappa shape index (κ2) is 11.3. The van der Waals surface area contributed by atoms with E-state index in [1.165, 1.54) is 11.3 Å². The van der Waals surface area contributed by atoms with Gasteiger partial charge >= 0.3 is 0 Å². The van der Waals surface area contributed by atoms with Crippen LogP contribution in [0.2, 0.25) is 0 Å². The minimum absolute atomic E-state index is 0.00196. The number of nitrogens with zero attached hydrogens (tertiary/aromatic N) is 3. The molecule has 3 aromatic rings. The highest BCUT2D eigenvalue weighted by atomic mass is 32.2. The fourth-order valence-corrected chi connectivity index (χ4v) is 5.80. The summed E-state index contributed by atoms with van der Waals surface area (Å²) in [6.45, 7) is 7.57. The number of aryl methyl sites for hydroxylation is 1. The highest BCUT2D eigenvalue weighted by Crippen LogP contribution is 2.32. The Morgan fingerprint density at radius 2 is 1.86 bits per heavy atom. The first-order valence-electron chi connectivity index (χ1n) is 11.6. The number of anilines is 1. The Hall–Kier alpha value is -3.15. The number of hydrogen-bond donors (Lipinski definition) is 3. The molecule has 0 radical (unpaired) electrons. The smallest absolute Gasteiger partial charge is 0.273 e. The summed E-state index contributed by atoms with van der Waals surface area (Å²) in [7, 11) is 0. The van der Waals surface area contributed by atoms with Gasteiger partial charge in [-0.1, -0.05) is 17.4 Å². The number of amides is 3. The van der Waals surface area contributed by atoms with E-state index in [-0.39, 0.29) is 24.3 Å². The standard InChI is InChI=1S/C25H29N5O4S2/c1-15-10-18(11-20(16(15)2)24(34)30-8-6-29(7-9-30)17(3)32)14-35-22-12-26-25(36-22)28-23(33)21-5-4-19(13-31)27-21/h4-5,10-12,27,31H,6-9,13-14H2,1-3H3,(H,26,28,33). The number of aromatic amines is 1.